The molecule has 3 aromatic rings. The predicted molar refractivity (Wildman–Crippen MR) is 94.9 cm³/mol. The standard InChI is InChI=1S/C18H16F3N5O/c1-10(2)27-12-5-3-11(4-6-12)23-18-25-15(9-22-26-18)24-14-8-7-13(19)16(20)17(14)21/h3-10H,1-2H3,(H2,23,24,25,26). The zero-order chi connectivity index (χ0) is 19.4. The summed E-state index contributed by atoms with van der Waals surface area (Å²) in [5.74, 6) is -3.21. The molecule has 0 saturated heterocycles. The highest BCUT2D eigenvalue weighted by molar-refractivity contribution is 5.59. The number of aromatic nitrogens is 3. The van der Waals surface area contributed by atoms with Gasteiger partial charge in [-0.3, -0.25) is 0 Å². The first-order valence-corrected chi connectivity index (χ1v) is 8.06. The Kier molecular flexibility index (Phi) is 5.39. The summed E-state index contributed by atoms with van der Waals surface area (Å²) in [6.45, 7) is 3.86. The third kappa shape index (κ3) is 4.63. The van der Waals surface area contributed by atoms with E-state index in [1.807, 2.05) is 13.8 Å². The van der Waals surface area contributed by atoms with Crippen molar-refractivity contribution in [3.8, 4) is 5.75 Å². The van der Waals surface area contributed by atoms with Gasteiger partial charge in [0.2, 0.25) is 5.95 Å². The van der Waals surface area contributed by atoms with Gasteiger partial charge in [0.1, 0.15) is 5.75 Å². The van der Waals surface area contributed by atoms with E-state index in [4.69, 9.17) is 4.74 Å². The van der Waals surface area contributed by atoms with E-state index in [0.29, 0.717) is 5.69 Å². The number of halogens is 3. The van der Waals surface area contributed by atoms with Crippen molar-refractivity contribution >= 4 is 23.1 Å². The van der Waals surface area contributed by atoms with E-state index in [0.717, 1.165) is 17.9 Å². The van der Waals surface area contributed by atoms with Crippen LogP contribution in [0.25, 0.3) is 0 Å². The van der Waals surface area contributed by atoms with E-state index >= 15 is 0 Å². The van der Waals surface area contributed by atoms with Crippen LogP contribution >= 0.6 is 0 Å². The number of hydrogen-bond acceptors (Lipinski definition) is 6. The molecule has 0 amide bonds. The van der Waals surface area contributed by atoms with Crippen molar-refractivity contribution in [3.63, 3.8) is 0 Å². The van der Waals surface area contributed by atoms with Crippen LogP contribution in [0, 0.1) is 17.5 Å². The Morgan fingerprint density at radius 3 is 2.37 bits per heavy atom. The molecule has 1 heterocycles. The first-order chi connectivity index (χ1) is 12.9. The number of rotatable bonds is 6. The lowest BCUT2D eigenvalue weighted by molar-refractivity contribution is 0.242. The van der Waals surface area contributed by atoms with Crippen LogP contribution in [-0.4, -0.2) is 21.3 Å². The van der Waals surface area contributed by atoms with Crippen molar-refractivity contribution in [2.24, 2.45) is 0 Å². The lowest BCUT2D eigenvalue weighted by atomic mass is 10.3. The van der Waals surface area contributed by atoms with Gasteiger partial charge in [-0.15, -0.1) is 5.10 Å². The smallest absolute Gasteiger partial charge is 0.249 e. The van der Waals surface area contributed by atoms with Crippen LogP contribution in [0.15, 0.2) is 42.6 Å². The minimum Gasteiger partial charge on any atom is -0.491 e. The highest BCUT2D eigenvalue weighted by atomic mass is 19.2. The Labute approximate surface area is 153 Å². The minimum atomic E-state index is -1.57. The largest absolute Gasteiger partial charge is 0.491 e. The summed E-state index contributed by atoms with van der Waals surface area (Å²) in [4.78, 5) is 4.12. The molecule has 0 atom stereocenters. The van der Waals surface area contributed by atoms with E-state index in [1.165, 1.54) is 6.20 Å². The second-order valence-corrected chi connectivity index (χ2v) is 5.83. The second-order valence-electron chi connectivity index (χ2n) is 5.83. The summed E-state index contributed by atoms with van der Waals surface area (Å²) < 4.78 is 45.6. The van der Waals surface area contributed by atoms with Crippen LogP contribution in [0.2, 0.25) is 0 Å². The van der Waals surface area contributed by atoms with Crippen molar-refractivity contribution in [2.45, 2.75) is 20.0 Å². The first-order valence-electron chi connectivity index (χ1n) is 8.06. The zero-order valence-corrected chi connectivity index (χ0v) is 14.5. The predicted octanol–water partition coefficient (Wildman–Crippen LogP) is 4.56. The molecule has 1 aromatic heterocycles. The van der Waals surface area contributed by atoms with Crippen molar-refractivity contribution in [3.05, 3.63) is 60.0 Å². The maximum atomic E-state index is 13.8. The molecule has 27 heavy (non-hydrogen) atoms. The lowest BCUT2D eigenvalue weighted by Crippen LogP contribution is -2.06. The SMILES string of the molecule is CC(C)Oc1ccc(Nc2nncc(Nc3ccc(F)c(F)c3F)n2)cc1. The molecule has 2 N–H and O–H groups in total. The van der Waals surface area contributed by atoms with Crippen LogP contribution < -0.4 is 15.4 Å². The fourth-order valence-corrected chi connectivity index (χ4v) is 2.20. The van der Waals surface area contributed by atoms with Crippen molar-refractivity contribution in [2.75, 3.05) is 10.6 Å². The van der Waals surface area contributed by atoms with Gasteiger partial charge in [0.25, 0.3) is 0 Å². The van der Waals surface area contributed by atoms with E-state index in [2.05, 4.69) is 25.8 Å². The summed E-state index contributed by atoms with van der Waals surface area (Å²) in [5.41, 5.74) is 0.416. The second kappa shape index (κ2) is 7.90. The molecular formula is C18H16F3N5O. The molecule has 0 bridgehead atoms. The van der Waals surface area contributed by atoms with Crippen LogP contribution in [0.3, 0.4) is 0 Å². The Bertz CT molecular complexity index is 935. The van der Waals surface area contributed by atoms with Crippen molar-refractivity contribution < 1.29 is 17.9 Å². The van der Waals surface area contributed by atoms with Gasteiger partial charge in [-0.25, -0.2) is 13.2 Å². The summed E-state index contributed by atoms with van der Waals surface area (Å²) >= 11 is 0. The molecule has 9 heteroatoms. The third-order valence-electron chi connectivity index (χ3n) is 3.34. The van der Waals surface area contributed by atoms with Crippen LogP contribution in [0.5, 0.6) is 5.75 Å². The molecule has 0 aliphatic carbocycles. The Hall–Kier alpha value is -3.36. The quantitative estimate of drug-likeness (QED) is 0.615. The van der Waals surface area contributed by atoms with E-state index in [1.54, 1.807) is 24.3 Å². The highest BCUT2D eigenvalue weighted by Gasteiger charge is 2.14. The number of anilines is 4. The molecule has 0 aliphatic heterocycles. The Balaban J connectivity index is 1.73. The van der Waals surface area contributed by atoms with Crippen LogP contribution in [0.4, 0.5) is 36.3 Å². The maximum Gasteiger partial charge on any atom is 0.249 e. The molecule has 0 aliphatic rings. The number of nitrogens with zero attached hydrogens (tertiary/aromatic N) is 3. The monoisotopic (exact) mass is 375 g/mol. The van der Waals surface area contributed by atoms with Gasteiger partial charge < -0.3 is 15.4 Å². The number of benzene rings is 2. The molecule has 6 nitrogen and oxygen atoms in total. The highest BCUT2D eigenvalue weighted by Crippen LogP contribution is 2.23. The van der Waals surface area contributed by atoms with Gasteiger partial charge in [0.15, 0.2) is 23.3 Å². The molecule has 2 aromatic carbocycles. The normalized spacial score (nSPS) is 10.7. The van der Waals surface area contributed by atoms with Gasteiger partial charge in [-0.1, -0.05) is 0 Å². The average Bonchev–Trinajstić information content (AvgIpc) is 2.64. The summed E-state index contributed by atoms with van der Waals surface area (Å²) in [5, 5.41) is 13.1. The summed E-state index contributed by atoms with van der Waals surface area (Å²) in [7, 11) is 0. The van der Waals surface area contributed by atoms with Gasteiger partial charge >= 0.3 is 0 Å². The first kappa shape index (κ1) is 18.4. The topological polar surface area (TPSA) is 72.0 Å². The van der Waals surface area contributed by atoms with E-state index < -0.39 is 17.5 Å². The van der Waals surface area contributed by atoms with Gasteiger partial charge in [0, 0.05) is 5.69 Å². The van der Waals surface area contributed by atoms with Gasteiger partial charge in [0.05, 0.1) is 18.0 Å². The minimum absolute atomic E-state index is 0.0655. The number of hydrogen-bond donors (Lipinski definition) is 2. The summed E-state index contributed by atoms with van der Waals surface area (Å²) in [6, 6.07) is 9.00. The molecule has 0 saturated carbocycles. The third-order valence-corrected chi connectivity index (χ3v) is 3.34. The lowest BCUT2D eigenvalue weighted by Gasteiger charge is -2.11. The molecule has 0 unspecified atom stereocenters. The van der Waals surface area contributed by atoms with Crippen molar-refractivity contribution in [1.82, 2.24) is 15.2 Å². The van der Waals surface area contributed by atoms with Crippen molar-refractivity contribution in [1.29, 1.82) is 0 Å². The average molecular weight is 375 g/mol. The molecule has 140 valence electrons. The molecule has 3 rings (SSSR count). The molecule has 0 spiro atoms. The Morgan fingerprint density at radius 1 is 0.926 bits per heavy atom. The van der Waals surface area contributed by atoms with Crippen LogP contribution in [-0.2, 0) is 0 Å². The molecule has 0 fully saturated rings. The zero-order valence-electron chi connectivity index (χ0n) is 14.5. The number of nitrogens with one attached hydrogen (secondary N) is 2. The van der Waals surface area contributed by atoms with E-state index in [9.17, 15) is 13.2 Å². The maximum absolute atomic E-state index is 13.8. The molecule has 0 radical (unpaired) electrons. The fraction of sp³-hybridized carbons (Fsp3) is 0.167. The van der Waals surface area contributed by atoms with Gasteiger partial charge in [-0.05, 0) is 50.2 Å². The summed E-state index contributed by atoms with van der Waals surface area (Å²) in [6.07, 6.45) is 1.29. The Morgan fingerprint density at radius 2 is 1.67 bits per heavy atom. The molecular weight excluding hydrogens is 359 g/mol. The van der Waals surface area contributed by atoms with Crippen LogP contribution in [0.1, 0.15) is 13.8 Å². The fourth-order valence-electron chi connectivity index (χ4n) is 2.20. The number of ether oxygens (including phenoxy) is 1. The van der Waals surface area contributed by atoms with E-state index in [-0.39, 0.29) is 23.6 Å². The van der Waals surface area contributed by atoms with Gasteiger partial charge in [-0.2, -0.15) is 10.1 Å².